The van der Waals surface area contributed by atoms with Crippen molar-refractivity contribution >= 4 is 0 Å². The van der Waals surface area contributed by atoms with Crippen LogP contribution >= 0.6 is 0 Å². The van der Waals surface area contributed by atoms with E-state index in [-0.39, 0.29) is 11.7 Å². The van der Waals surface area contributed by atoms with Crippen LogP contribution in [-0.4, -0.2) is 47.2 Å². The zero-order valence-electron chi connectivity index (χ0n) is 13.2. The molecule has 1 unspecified atom stereocenters. The Kier molecular flexibility index (Phi) is 5.90. The summed E-state index contributed by atoms with van der Waals surface area (Å²) in [6.45, 7) is 10.4. The minimum absolute atomic E-state index is 0.112. The number of rotatable bonds is 6. The van der Waals surface area contributed by atoms with Gasteiger partial charge in [0.05, 0.1) is 12.3 Å². The number of nitrogens with zero attached hydrogens (tertiary/aromatic N) is 2. The van der Waals surface area contributed by atoms with Crippen molar-refractivity contribution in [3.8, 4) is 0 Å². The Labute approximate surface area is 125 Å². The maximum atomic E-state index is 11.8. The fourth-order valence-electron chi connectivity index (χ4n) is 2.47. The summed E-state index contributed by atoms with van der Waals surface area (Å²) in [6, 6.07) is 2.02. The molecule has 118 valence electrons. The van der Waals surface area contributed by atoms with Gasteiger partial charge in [0.2, 0.25) is 0 Å². The number of ether oxygens (including phenoxy) is 1. The highest BCUT2D eigenvalue weighted by atomic mass is 16.5. The van der Waals surface area contributed by atoms with Crippen molar-refractivity contribution in [2.45, 2.75) is 45.9 Å². The van der Waals surface area contributed by atoms with E-state index in [0.29, 0.717) is 25.0 Å². The second-order valence-electron chi connectivity index (χ2n) is 5.75. The largest absolute Gasteiger partial charge is 0.368 e. The van der Waals surface area contributed by atoms with Gasteiger partial charge >= 0.3 is 0 Å². The topological polar surface area (TPSA) is 70.2 Å². The average Bonchev–Trinajstić information content (AvgIpc) is 2.47. The van der Waals surface area contributed by atoms with Gasteiger partial charge in [-0.1, -0.05) is 6.92 Å². The van der Waals surface area contributed by atoms with Crippen molar-refractivity contribution in [3.05, 3.63) is 27.9 Å². The van der Waals surface area contributed by atoms with Crippen molar-refractivity contribution in [2.75, 3.05) is 26.2 Å². The number of nitrogens with one attached hydrogen (secondary N) is 2. The molecule has 1 atom stereocenters. The van der Waals surface area contributed by atoms with Crippen molar-refractivity contribution in [1.29, 1.82) is 0 Å². The predicted octanol–water partition coefficient (Wildman–Crippen LogP) is 1.05. The van der Waals surface area contributed by atoms with Gasteiger partial charge in [-0.3, -0.25) is 9.69 Å². The molecule has 1 aliphatic rings. The molecule has 0 spiro atoms. The molecule has 0 amide bonds. The Morgan fingerprint density at radius 2 is 2.38 bits per heavy atom. The van der Waals surface area contributed by atoms with Gasteiger partial charge in [0.25, 0.3) is 5.56 Å². The Morgan fingerprint density at radius 1 is 1.57 bits per heavy atom. The summed E-state index contributed by atoms with van der Waals surface area (Å²) in [5.74, 6) is 0.640. The molecule has 0 radical (unpaired) electrons. The second-order valence-corrected chi connectivity index (χ2v) is 5.75. The Balaban J connectivity index is 2.09. The zero-order valence-corrected chi connectivity index (χ0v) is 13.2. The summed E-state index contributed by atoms with van der Waals surface area (Å²) in [4.78, 5) is 21.5. The smallest absolute Gasteiger partial charge is 0.251 e. The highest BCUT2D eigenvalue weighted by Crippen LogP contribution is 2.19. The summed E-state index contributed by atoms with van der Waals surface area (Å²) in [6.07, 6.45) is 0.908. The molecule has 21 heavy (non-hydrogen) atoms. The molecule has 6 heteroatoms. The van der Waals surface area contributed by atoms with Crippen molar-refractivity contribution in [1.82, 2.24) is 20.2 Å². The molecule has 1 aromatic heterocycles. The molecule has 0 aliphatic carbocycles. The van der Waals surface area contributed by atoms with E-state index in [9.17, 15) is 4.79 Å². The normalized spacial score (nSPS) is 20.1. The van der Waals surface area contributed by atoms with Gasteiger partial charge in [0.15, 0.2) is 0 Å². The Bertz CT molecular complexity index is 501. The summed E-state index contributed by atoms with van der Waals surface area (Å²) in [5.41, 5.74) is 0.658. The van der Waals surface area contributed by atoms with E-state index in [1.165, 1.54) is 0 Å². The molecule has 2 heterocycles. The van der Waals surface area contributed by atoms with Crippen LogP contribution in [0.25, 0.3) is 0 Å². The van der Waals surface area contributed by atoms with Gasteiger partial charge in [0, 0.05) is 31.7 Å². The van der Waals surface area contributed by atoms with Gasteiger partial charge in [0.1, 0.15) is 11.9 Å². The molecule has 0 aromatic carbocycles. The van der Waals surface area contributed by atoms with Crippen molar-refractivity contribution in [2.24, 2.45) is 0 Å². The molecule has 1 fully saturated rings. The van der Waals surface area contributed by atoms with Gasteiger partial charge in [-0.2, -0.15) is 0 Å². The lowest BCUT2D eigenvalue weighted by molar-refractivity contribution is -0.0444. The molecule has 6 nitrogen and oxygen atoms in total. The standard InChI is InChI=1S/C15H26N4O2/c1-4-5-16-9-12-8-14(20)18-15(17-12)13-10-19(11(2)3)6-7-21-13/h8,11,13,16H,4-7,9-10H2,1-3H3,(H,17,18,20). The van der Waals surface area contributed by atoms with Gasteiger partial charge < -0.3 is 15.0 Å². The van der Waals surface area contributed by atoms with Crippen LogP contribution in [0, 0.1) is 0 Å². The molecule has 2 N–H and O–H groups in total. The van der Waals surface area contributed by atoms with Gasteiger partial charge in [-0.25, -0.2) is 4.98 Å². The highest BCUT2D eigenvalue weighted by molar-refractivity contribution is 5.05. The monoisotopic (exact) mass is 294 g/mol. The fraction of sp³-hybridized carbons (Fsp3) is 0.733. The first-order valence-corrected chi connectivity index (χ1v) is 7.76. The first-order valence-electron chi connectivity index (χ1n) is 7.76. The van der Waals surface area contributed by atoms with E-state index in [1.54, 1.807) is 6.07 Å². The van der Waals surface area contributed by atoms with E-state index in [4.69, 9.17) is 4.74 Å². The van der Waals surface area contributed by atoms with Crippen LogP contribution in [0.4, 0.5) is 0 Å². The summed E-state index contributed by atoms with van der Waals surface area (Å²) >= 11 is 0. The first-order chi connectivity index (χ1) is 10.1. The SMILES string of the molecule is CCCNCc1cc(=O)[nH]c(C2CN(C(C)C)CCO2)n1. The van der Waals surface area contributed by atoms with Crippen LogP contribution in [0.3, 0.4) is 0 Å². The second kappa shape index (κ2) is 7.68. The zero-order chi connectivity index (χ0) is 15.2. The van der Waals surface area contributed by atoms with Gasteiger partial charge in [-0.05, 0) is 26.8 Å². The molecular formula is C15H26N4O2. The van der Waals surface area contributed by atoms with E-state index < -0.39 is 0 Å². The quantitative estimate of drug-likeness (QED) is 0.768. The van der Waals surface area contributed by atoms with Crippen LogP contribution in [0.15, 0.2) is 10.9 Å². The third-order valence-corrected chi connectivity index (χ3v) is 3.68. The lowest BCUT2D eigenvalue weighted by Gasteiger charge is -2.34. The summed E-state index contributed by atoms with van der Waals surface area (Å²) < 4.78 is 5.79. The third-order valence-electron chi connectivity index (χ3n) is 3.68. The summed E-state index contributed by atoms with van der Waals surface area (Å²) in [7, 11) is 0. The van der Waals surface area contributed by atoms with Crippen LogP contribution in [0.2, 0.25) is 0 Å². The average molecular weight is 294 g/mol. The molecule has 0 bridgehead atoms. The number of hydrogen-bond acceptors (Lipinski definition) is 5. The molecule has 2 rings (SSSR count). The predicted molar refractivity (Wildman–Crippen MR) is 82.3 cm³/mol. The number of hydrogen-bond donors (Lipinski definition) is 2. The molecular weight excluding hydrogens is 268 g/mol. The number of H-pyrrole nitrogens is 1. The molecule has 1 saturated heterocycles. The molecule has 0 saturated carbocycles. The molecule has 1 aliphatic heterocycles. The van der Waals surface area contributed by atoms with Crippen LogP contribution in [-0.2, 0) is 11.3 Å². The minimum Gasteiger partial charge on any atom is -0.368 e. The fourth-order valence-corrected chi connectivity index (χ4v) is 2.47. The maximum Gasteiger partial charge on any atom is 0.251 e. The highest BCUT2D eigenvalue weighted by Gasteiger charge is 2.25. The van der Waals surface area contributed by atoms with E-state index in [1.807, 2.05) is 0 Å². The minimum atomic E-state index is -0.153. The van der Waals surface area contributed by atoms with E-state index in [2.05, 4.69) is 41.0 Å². The number of aromatic nitrogens is 2. The van der Waals surface area contributed by atoms with Crippen LogP contribution in [0.1, 0.15) is 44.8 Å². The van der Waals surface area contributed by atoms with Crippen LogP contribution < -0.4 is 10.9 Å². The summed E-state index contributed by atoms with van der Waals surface area (Å²) in [5, 5.41) is 3.27. The number of morpholine rings is 1. The van der Waals surface area contributed by atoms with E-state index in [0.717, 1.165) is 31.7 Å². The lowest BCUT2D eigenvalue weighted by Crippen LogP contribution is -2.43. The first kappa shape index (κ1) is 16.1. The van der Waals surface area contributed by atoms with E-state index >= 15 is 0 Å². The van der Waals surface area contributed by atoms with Crippen LogP contribution in [0.5, 0.6) is 0 Å². The number of aromatic amines is 1. The molecule has 1 aromatic rings. The van der Waals surface area contributed by atoms with Crippen molar-refractivity contribution in [3.63, 3.8) is 0 Å². The Hall–Kier alpha value is -1.24. The lowest BCUT2D eigenvalue weighted by atomic mass is 10.2. The van der Waals surface area contributed by atoms with Crippen molar-refractivity contribution < 1.29 is 4.74 Å². The Morgan fingerprint density at radius 3 is 3.10 bits per heavy atom. The third kappa shape index (κ3) is 4.62. The maximum absolute atomic E-state index is 11.8. The van der Waals surface area contributed by atoms with Gasteiger partial charge in [-0.15, -0.1) is 0 Å².